The highest BCUT2D eigenvalue weighted by Crippen LogP contribution is 2.22. The Morgan fingerprint density at radius 3 is 2.86 bits per heavy atom. The summed E-state index contributed by atoms with van der Waals surface area (Å²) in [5.74, 6) is -0.172. The van der Waals surface area contributed by atoms with Gasteiger partial charge in [0.2, 0.25) is 5.91 Å². The van der Waals surface area contributed by atoms with Crippen molar-refractivity contribution in [1.29, 1.82) is 5.26 Å². The molecule has 102 valence electrons. The Morgan fingerprint density at radius 2 is 2.05 bits per heavy atom. The summed E-state index contributed by atoms with van der Waals surface area (Å²) in [6.45, 7) is 0.0118. The van der Waals surface area contributed by atoms with Crippen LogP contribution in [0.3, 0.4) is 0 Å². The number of anilines is 1. The second-order valence-corrected chi connectivity index (χ2v) is 4.45. The molecule has 0 unspecified atom stereocenters. The van der Waals surface area contributed by atoms with Crippen LogP contribution >= 0.6 is 0 Å². The van der Waals surface area contributed by atoms with Crippen molar-refractivity contribution in [2.24, 2.45) is 0 Å². The normalized spacial score (nSPS) is 10.2. The van der Waals surface area contributed by atoms with Gasteiger partial charge in [0, 0.05) is 11.1 Å². The van der Waals surface area contributed by atoms with Crippen LogP contribution in [0, 0.1) is 11.3 Å². The number of nitrogens with zero attached hydrogens (tertiary/aromatic N) is 4. The number of fused-ring (bicyclic) bond motifs is 1. The molecule has 0 bridgehead atoms. The Bertz CT molecular complexity index is 841. The van der Waals surface area contributed by atoms with Gasteiger partial charge in [-0.2, -0.15) is 5.26 Å². The van der Waals surface area contributed by atoms with Gasteiger partial charge < -0.3 is 5.32 Å². The van der Waals surface area contributed by atoms with Gasteiger partial charge in [-0.25, -0.2) is 9.67 Å². The molecular weight excluding hydrogens is 266 g/mol. The first-order valence-electron chi connectivity index (χ1n) is 6.33. The average Bonchev–Trinajstić information content (AvgIpc) is 2.95. The van der Waals surface area contributed by atoms with Gasteiger partial charge in [-0.15, -0.1) is 5.10 Å². The highest BCUT2D eigenvalue weighted by Gasteiger charge is 2.08. The van der Waals surface area contributed by atoms with Crippen molar-refractivity contribution in [3.63, 3.8) is 0 Å². The third-order valence-corrected chi connectivity index (χ3v) is 3.01. The minimum Gasteiger partial charge on any atom is -0.324 e. The molecule has 0 saturated heterocycles. The number of carbonyl (C=O) groups excluding carboxylic acids is 1. The molecule has 2 aromatic carbocycles. The van der Waals surface area contributed by atoms with Crippen molar-refractivity contribution in [2.75, 3.05) is 5.32 Å². The summed E-state index contributed by atoms with van der Waals surface area (Å²) in [4.78, 5) is 15.8. The summed E-state index contributed by atoms with van der Waals surface area (Å²) in [5.41, 5.74) is 0.749. The first-order chi connectivity index (χ1) is 10.3. The van der Waals surface area contributed by atoms with Crippen LogP contribution in [0.2, 0.25) is 0 Å². The van der Waals surface area contributed by atoms with E-state index in [2.05, 4.69) is 15.4 Å². The highest BCUT2D eigenvalue weighted by molar-refractivity contribution is 6.01. The van der Waals surface area contributed by atoms with Gasteiger partial charge in [0.25, 0.3) is 5.82 Å². The van der Waals surface area contributed by atoms with E-state index < -0.39 is 0 Å². The van der Waals surface area contributed by atoms with Gasteiger partial charge >= 0.3 is 0 Å². The van der Waals surface area contributed by atoms with E-state index in [-0.39, 0.29) is 18.3 Å². The predicted octanol–water partition coefficient (Wildman–Crippen LogP) is 1.94. The summed E-state index contributed by atoms with van der Waals surface area (Å²) >= 11 is 0. The van der Waals surface area contributed by atoms with E-state index in [0.717, 1.165) is 16.5 Å². The van der Waals surface area contributed by atoms with Crippen molar-refractivity contribution in [2.45, 2.75) is 6.54 Å². The lowest BCUT2D eigenvalue weighted by Crippen LogP contribution is -2.19. The van der Waals surface area contributed by atoms with E-state index in [4.69, 9.17) is 5.26 Å². The highest BCUT2D eigenvalue weighted by atomic mass is 16.2. The molecule has 3 aromatic rings. The number of hydrogen-bond acceptors (Lipinski definition) is 4. The Balaban J connectivity index is 1.79. The lowest BCUT2D eigenvalue weighted by Gasteiger charge is -2.08. The summed E-state index contributed by atoms with van der Waals surface area (Å²) in [6.07, 6.45) is 1.36. The molecule has 21 heavy (non-hydrogen) atoms. The number of amides is 1. The van der Waals surface area contributed by atoms with E-state index in [9.17, 15) is 4.79 Å². The molecule has 0 aliphatic rings. The van der Waals surface area contributed by atoms with Crippen LogP contribution in [-0.4, -0.2) is 20.7 Å². The standard InChI is InChI=1S/C15H11N5O/c16-8-14-17-10-20(19-14)9-15(21)18-13-7-3-5-11-4-1-2-6-12(11)13/h1-7,10H,9H2,(H,18,21). The summed E-state index contributed by atoms with van der Waals surface area (Å²) in [6, 6.07) is 15.4. The Kier molecular flexibility index (Phi) is 3.31. The van der Waals surface area contributed by atoms with Crippen LogP contribution in [0.25, 0.3) is 10.8 Å². The molecule has 0 radical (unpaired) electrons. The molecule has 1 N–H and O–H groups in total. The molecule has 0 atom stereocenters. The average molecular weight is 277 g/mol. The van der Waals surface area contributed by atoms with Crippen LogP contribution in [0.1, 0.15) is 5.82 Å². The summed E-state index contributed by atoms with van der Waals surface area (Å²) in [5, 5.41) is 17.4. The molecule has 0 saturated carbocycles. The number of hydrogen-bond donors (Lipinski definition) is 1. The zero-order chi connectivity index (χ0) is 14.7. The molecule has 6 nitrogen and oxygen atoms in total. The second kappa shape index (κ2) is 5.43. The minimum absolute atomic E-state index is 0.0118. The predicted molar refractivity (Wildman–Crippen MR) is 77.3 cm³/mol. The van der Waals surface area contributed by atoms with Crippen molar-refractivity contribution in [1.82, 2.24) is 14.8 Å². The number of nitrogens with one attached hydrogen (secondary N) is 1. The van der Waals surface area contributed by atoms with E-state index in [1.165, 1.54) is 11.0 Å². The summed E-state index contributed by atoms with van der Waals surface area (Å²) < 4.78 is 1.33. The third kappa shape index (κ3) is 2.72. The van der Waals surface area contributed by atoms with Gasteiger partial charge in [0.05, 0.1) is 0 Å². The van der Waals surface area contributed by atoms with Crippen LogP contribution < -0.4 is 5.32 Å². The Hall–Kier alpha value is -3.20. The molecule has 0 spiro atoms. The fraction of sp³-hybridized carbons (Fsp3) is 0.0667. The van der Waals surface area contributed by atoms with E-state index in [1.807, 2.05) is 48.5 Å². The fourth-order valence-corrected chi connectivity index (χ4v) is 2.09. The van der Waals surface area contributed by atoms with Gasteiger partial charge in [0.15, 0.2) is 0 Å². The Morgan fingerprint density at radius 1 is 1.24 bits per heavy atom. The zero-order valence-electron chi connectivity index (χ0n) is 11.0. The van der Waals surface area contributed by atoms with Crippen LogP contribution in [-0.2, 0) is 11.3 Å². The molecule has 1 amide bonds. The topological polar surface area (TPSA) is 83.6 Å². The van der Waals surface area contributed by atoms with Crippen molar-refractivity contribution in [3.05, 3.63) is 54.6 Å². The molecule has 3 rings (SSSR count). The maximum atomic E-state index is 12.0. The van der Waals surface area contributed by atoms with E-state index in [0.29, 0.717) is 0 Å². The Labute approximate surface area is 120 Å². The first kappa shape index (κ1) is 12.8. The van der Waals surface area contributed by atoms with Crippen molar-refractivity contribution in [3.8, 4) is 6.07 Å². The largest absolute Gasteiger partial charge is 0.324 e. The lowest BCUT2D eigenvalue weighted by atomic mass is 10.1. The van der Waals surface area contributed by atoms with Crippen molar-refractivity contribution < 1.29 is 4.79 Å². The molecule has 0 aliphatic heterocycles. The third-order valence-electron chi connectivity index (χ3n) is 3.01. The van der Waals surface area contributed by atoms with Gasteiger partial charge in [-0.3, -0.25) is 4.79 Å². The molecule has 0 aliphatic carbocycles. The molecule has 1 heterocycles. The SMILES string of the molecule is N#Cc1ncn(CC(=O)Nc2cccc3ccccc23)n1. The zero-order valence-corrected chi connectivity index (χ0v) is 11.0. The number of benzene rings is 2. The molecule has 0 fully saturated rings. The smallest absolute Gasteiger partial charge is 0.252 e. The fourth-order valence-electron chi connectivity index (χ4n) is 2.09. The molecule has 6 heteroatoms. The van der Waals surface area contributed by atoms with Crippen LogP contribution in [0.4, 0.5) is 5.69 Å². The number of rotatable bonds is 3. The molecule has 1 aromatic heterocycles. The maximum Gasteiger partial charge on any atom is 0.252 e. The number of nitriles is 1. The first-order valence-corrected chi connectivity index (χ1v) is 6.33. The van der Waals surface area contributed by atoms with Gasteiger partial charge in [-0.1, -0.05) is 36.4 Å². The quantitative estimate of drug-likeness (QED) is 0.793. The lowest BCUT2D eigenvalue weighted by molar-refractivity contribution is -0.116. The number of aromatic nitrogens is 3. The monoisotopic (exact) mass is 277 g/mol. The molecular formula is C15H11N5O. The second-order valence-electron chi connectivity index (χ2n) is 4.45. The van der Waals surface area contributed by atoms with E-state index >= 15 is 0 Å². The van der Waals surface area contributed by atoms with Crippen LogP contribution in [0.5, 0.6) is 0 Å². The summed E-state index contributed by atoms with van der Waals surface area (Å²) in [7, 11) is 0. The van der Waals surface area contributed by atoms with Gasteiger partial charge in [0.1, 0.15) is 18.9 Å². The van der Waals surface area contributed by atoms with Crippen molar-refractivity contribution >= 4 is 22.4 Å². The van der Waals surface area contributed by atoms with E-state index in [1.54, 1.807) is 0 Å². The number of carbonyl (C=O) groups is 1. The van der Waals surface area contributed by atoms with Crippen LogP contribution in [0.15, 0.2) is 48.8 Å². The maximum absolute atomic E-state index is 12.0. The van der Waals surface area contributed by atoms with Gasteiger partial charge in [-0.05, 0) is 11.5 Å². The minimum atomic E-state index is -0.222.